The van der Waals surface area contributed by atoms with Gasteiger partial charge in [-0.15, -0.1) is 0 Å². The van der Waals surface area contributed by atoms with Crippen LogP contribution >= 0.6 is 0 Å². The number of carboxylic acids is 1. The molecule has 5 heteroatoms. The Morgan fingerprint density at radius 1 is 1.23 bits per heavy atom. The molecule has 0 aromatic heterocycles. The van der Waals surface area contributed by atoms with Crippen molar-refractivity contribution in [3.63, 3.8) is 0 Å². The zero-order valence-corrected chi connectivity index (χ0v) is 13.3. The second-order valence-corrected chi connectivity index (χ2v) is 6.28. The molecule has 0 aliphatic heterocycles. The molecule has 1 aromatic carbocycles. The van der Waals surface area contributed by atoms with Crippen LogP contribution in [0.2, 0.25) is 0 Å². The van der Waals surface area contributed by atoms with Gasteiger partial charge in [-0.3, -0.25) is 0 Å². The largest absolute Gasteiger partial charge is 0.478 e. The molecule has 0 amide bonds. The van der Waals surface area contributed by atoms with Crippen molar-refractivity contribution in [2.75, 3.05) is 25.1 Å². The van der Waals surface area contributed by atoms with Gasteiger partial charge in [0.2, 0.25) is 0 Å². The highest BCUT2D eigenvalue weighted by Gasteiger charge is 2.18. The highest BCUT2D eigenvalue weighted by molar-refractivity contribution is 5.97. The molecule has 5 nitrogen and oxygen atoms in total. The number of nitrogens with zero attached hydrogens (tertiary/aromatic N) is 1. The Bertz CT molecular complexity index is 525. The van der Waals surface area contributed by atoms with Gasteiger partial charge in [0.15, 0.2) is 0 Å². The first-order valence-electron chi connectivity index (χ1n) is 8.11. The third kappa shape index (κ3) is 3.91. The van der Waals surface area contributed by atoms with Gasteiger partial charge >= 0.3 is 5.97 Å². The zero-order chi connectivity index (χ0) is 16.1. The van der Waals surface area contributed by atoms with Crippen LogP contribution in [-0.4, -0.2) is 35.6 Å². The molecule has 0 heterocycles. The molecular formula is C17H27N3O2. The predicted octanol–water partition coefficient (Wildman–Crippen LogP) is 2.75. The molecule has 122 valence electrons. The summed E-state index contributed by atoms with van der Waals surface area (Å²) in [5, 5.41) is 9.03. The van der Waals surface area contributed by atoms with E-state index < -0.39 is 5.97 Å². The van der Waals surface area contributed by atoms with E-state index in [2.05, 4.69) is 11.9 Å². The average Bonchev–Trinajstić information content (AvgIpc) is 2.52. The summed E-state index contributed by atoms with van der Waals surface area (Å²) in [5.41, 5.74) is 13.4. The molecule has 1 fully saturated rings. The summed E-state index contributed by atoms with van der Waals surface area (Å²) < 4.78 is 0. The fraction of sp³-hybridized carbons (Fsp3) is 0.588. The van der Waals surface area contributed by atoms with E-state index >= 15 is 0 Å². The summed E-state index contributed by atoms with van der Waals surface area (Å²) in [5.74, 6) is -1.03. The summed E-state index contributed by atoms with van der Waals surface area (Å²) >= 11 is 0. The summed E-state index contributed by atoms with van der Waals surface area (Å²) in [6.07, 6.45) is 8.49. The number of carbonyl (C=O) groups is 1. The Balaban J connectivity index is 1.89. The third-order valence-corrected chi connectivity index (χ3v) is 4.76. The lowest BCUT2D eigenvalue weighted by atomic mass is 9.94. The first-order valence-corrected chi connectivity index (χ1v) is 8.11. The molecule has 2 rings (SSSR count). The van der Waals surface area contributed by atoms with Gasteiger partial charge in [0.05, 0.1) is 16.9 Å². The Labute approximate surface area is 132 Å². The van der Waals surface area contributed by atoms with E-state index in [0.717, 1.165) is 24.9 Å². The first-order chi connectivity index (χ1) is 10.5. The highest BCUT2D eigenvalue weighted by atomic mass is 16.4. The lowest BCUT2D eigenvalue weighted by molar-refractivity contribution is 0.0698. The minimum Gasteiger partial charge on any atom is -0.478 e. The van der Waals surface area contributed by atoms with Crippen LogP contribution in [0.5, 0.6) is 0 Å². The molecule has 0 unspecified atom stereocenters. The van der Waals surface area contributed by atoms with Crippen molar-refractivity contribution in [3.05, 3.63) is 23.3 Å². The second kappa shape index (κ2) is 7.49. The van der Waals surface area contributed by atoms with E-state index in [4.69, 9.17) is 16.6 Å². The molecule has 1 saturated carbocycles. The van der Waals surface area contributed by atoms with Gasteiger partial charge in [0, 0.05) is 6.04 Å². The summed E-state index contributed by atoms with van der Waals surface area (Å²) in [4.78, 5) is 13.5. The van der Waals surface area contributed by atoms with E-state index in [-0.39, 0.29) is 11.3 Å². The molecule has 0 bridgehead atoms. The Hall–Kier alpha value is -1.75. The van der Waals surface area contributed by atoms with E-state index in [1.54, 1.807) is 12.1 Å². The van der Waals surface area contributed by atoms with Gasteiger partial charge in [-0.25, -0.2) is 4.79 Å². The van der Waals surface area contributed by atoms with Gasteiger partial charge in [0.25, 0.3) is 0 Å². The third-order valence-electron chi connectivity index (χ3n) is 4.76. The maximum Gasteiger partial charge on any atom is 0.337 e. The average molecular weight is 305 g/mol. The summed E-state index contributed by atoms with van der Waals surface area (Å²) in [6.45, 7) is 1.03. The number of aromatic carboxylic acids is 1. The molecule has 0 atom stereocenters. The van der Waals surface area contributed by atoms with Crippen LogP contribution < -0.4 is 11.5 Å². The summed E-state index contributed by atoms with van der Waals surface area (Å²) in [7, 11) is 2.20. The van der Waals surface area contributed by atoms with Crippen LogP contribution in [0.1, 0.15) is 54.4 Å². The van der Waals surface area contributed by atoms with Gasteiger partial charge in [-0.05, 0) is 50.9 Å². The van der Waals surface area contributed by atoms with Crippen LogP contribution in [0, 0.1) is 0 Å². The number of nitrogens with two attached hydrogens (primary N) is 2. The topological polar surface area (TPSA) is 92.6 Å². The fourth-order valence-corrected chi connectivity index (χ4v) is 3.31. The number of hydrogen-bond donors (Lipinski definition) is 3. The predicted molar refractivity (Wildman–Crippen MR) is 90.1 cm³/mol. The monoisotopic (exact) mass is 305 g/mol. The number of carboxylic acid groups (broad SMARTS) is 1. The molecule has 1 aliphatic carbocycles. The van der Waals surface area contributed by atoms with Crippen molar-refractivity contribution in [2.24, 2.45) is 0 Å². The molecule has 1 aromatic rings. The van der Waals surface area contributed by atoms with Crippen molar-refractivity contribution < 1.29 is 9.90 Å². The van der Waals surface area contributed by atoms with Crippen LogP contribution in [0.15, 0.2) is 12.1 Å². The van der Waals surface area contributed by atoms with E-state index in [1.807, 2.05) is 0 Å². The maximum absolute atomic E-state index is 11.0. The lowest BCUT2D eigenvalue weighted by Crippen LogP contribution is -2.34. The molecule has 0 radical (unpaired) electrons. The number of nitrogen functional groups attached to an aromatic ring is 2. The molecule has 5 N–H and O–H groups in total. The van der Waals surface area contributed by atoms with Gasteiger partial charge in [-0.2, -0.15) is 0 Å². The summed E-state index contributed by atoms with van der Waals surface area (Å²) in [6, 6.07) is 4.05. The fourth-order valence-electron chi connectivity index (χ4n) is 3.31. The Morgan fingerprint density at radius 2 is 1.91 bits per heavy atom. The second-order valence-electron chi connectivity index (χ2n) is 6.28. The molecule has 22 heavy (non-hydrogen) atoms. The van der Waals surface area contributed by atoms with Crippen molar-refractivity contribution in [2.45, 2.75) is 51.0 Å². The Kier molecular flexibility index (Phi) is 5.66. The number of anilines is 2. The van der Waals surface area contributed by atoms with Crippen molar-refractivity contribution in [1.82, 2.24) is 4.90 Å². The standard InChI is InChI=1S/C17H27N3O2/c1-20(13-7-3-2-4-8-13)11-5-6-12-9-10-14(17(21)22)16(19)15(12)18/h9-10,13H,2-8,11,18-19H2,1H3,(H,21,22). The maximum atomic E-state index is 11.0. The van der Waals surface area contributed by atoms with E-state index in [0.29, 0.717) is 11.7 Å². The van der Waals surface area contributed by atoms with Gasteiger partial charge in [-0.1, -0.05) is 25.3 Å². The van der Waals surface area contributed by atoms with E-state index in [1.165, 1.54) is 32.1 Å². The van der Waals surface area contributed by atoms with Crippen LogP contribution in [0.4, 0.5) is 11.4 Å². The molecular weight excluding hydrogens is 278 g/mol. The molecule has 0 saturated heterocycles. The van der Waals surface area contributed by atoms with Crippen LogP contribution in [0.25, 0.3) is 0 Å². The zero-order valence-electron chi connectivity index (χ0n) is 13.3. The van der Waals surface area contributed by atoms with Crippen molar-refractivity contribution >= 4 is 17.3 Å². The Morgan fingerprint density at radius 3 is 2.55 bits per heavy atom. The SMILES string of the molecule is CN(CCCc1ccc(C(=O)O)c(N)c1N)C1CCCCC1. The number of benzene rings is 1. The lowest BCUT2D eigenvalue weighted by Gasteiger charge is -2.31. The molecule has 0 spiro atoms. The van der Waals surface area contributed by atoms with Crippen molar-refractivity contribution in [3.8, 4) is 0 Å². The van der Waals surface area contributed by atoms with Gasteiger partial charge in [0.1, 0.15) is 0 Å². The molecule has 1 aliphatic rings. The van der Waals surface area contributed by atoms with Crippen LogP contribution in [0.3, 0.4) is 0 Å². The normalized spacial score (nSPS) is 16.1. The minimum absolute atomic E-state index is 0.0839. The quantitative estimate of drug-likeness (QED) is 0.703. The van der Waals surface area contributed by atoms with E-state index in [9.17, 15) is 4.79 Å². The highest BCUT2D eigenvalue weighted by Crippen LogP contribution is 2.26. The van der Waals surface area contributed by atoms with Crippen molar-refractivity contribution in [1.29, 1.82) is 0 Å². The first kappa shape index (κ1) is 16.6. The number of rotatable bonds is 6. The minimum atomic E-state index is -1.03. The van der Waals surface area contributed by atoms with Crippen LogP contribution in [-0.2, 0) is 6.42 Å². The smallest absolute Gasteiger partial charge is 0.337 e. The van der Waals surface area contributed by atoms with Gasteiger partial charge < -0.3 is 21.5 Å². The number of aryl methyl sites for hydroxylation is 1. The number of hydrogen-bond acceptors (Lipinski definition) is 4.